The molecule has 0 saturated carbocycles. The third-order valence-corrected chi connectivity index (χ3v) is 27.1. The zero-order valence-electron chi connectivity index (χ0n) is 24.8. The standard InChI is InChI=1S/2C19H21Si.Zr/c2*1-2-12-20(13-7-14-20)19-17-10-5-3-8-15(17)16-9-4-6-11-18(16)19;/h2*3-6,8-10,19H,2,7,12-14H2,1H3;. The van der Waals surface area contributed by atoms with E-state index in [-0.39, 0.29) is 0 Å². The fraction of sp³-hybridized carbons (Fsp3) is 0.368. The van der Waals surface area contributed by atoms with Crippen LogP contribution < -0.4 is 6.54 Å². The summed E-state index contributed by atoms with van der Waals surface area (Å²) in [6, 6.07) is 43.3. The molecule has 2 fully saturated rings. The van der Waals surface area contributed by atoms with E-state index in [0.29, 0.717) is 0 Å². The fourth-order valence-electron chi connectivity index (χ4n) is 9.78. The molecular formula is C38H42Si2Zr. The Labute approximate surface area is 260 Å². The van der Waals surface area contributed by atoms with Gasteiger partial charge in [0.05, 0.1) is 0 Å². The zero-order valence-corrected chi connectivity index (χ0v) is 29.3. The average molecular weight is 646 g/mol. The molecule has 0 radical (unpaired) electrons. The Hall–Kier alpha value is -1.80. The second kappa shape index (κ2) is 10.4. The predicted molar refractivity (Wildman–Crippen MR) is 177 cm³/mol. The van der Waals surface area contributed by atoms with E-state index in [4.69, 9.17) is 0 Å². The van der Waals surface area contributed by atoms with Crippen LogP contribution in [0.15, 0.2) is 84.9 Å². The molecule has 2 atom stereocenters. The second-order valence-corrected chi connectivity index (χ2v) is 26.5. The Bertz CT molecular complexity index is 1510. The van der Waals surface area contributed by atoms with E-state index in [1.807, 2.05) is 11.1 Å². The van der Waals surface area contributed by atoms with Crippen molar-refractivity contribution in [1.29, 1.82) is 0 Å². The predicted octanol–water partition coefficient (Wildman–Crippen LogP) is 9.55. The van der Waals surface area contributed by atoms with Crippen molar-refractivity contribution in [3.8, 4) is 22.3 Å². The third kappa shape index (κ3) is 3.98. The van der Waals surface area contributed by atoms with E-state index in [1.54, 1.807) is 64.1 Å². The molecule has 4 aromatic rings. The van der Waals surface area contributed by atoms with Gasteiger partial charge in [-0.2, -0.15) is 0 Å². The number of fused-ring (bicyclic) bond motifs is 6. The minimum atomic E-state index is -1.35. The number of hydrogen-bond acceptors (Lipinski definition) is 0. The Balaban J connectivity index is 1.28. The molecule has 4 aliphatic rings. The van der Waals surface area contributed by atoms with Crippen LogP contribution in [-0.2, 0) is 23.2 Å². The number of hydrogen-bond donors (Lipinski definition) is 0. The molecule has 2 saturated heterocycles. The summed E-state index contributed by atoms with van der Waals surface area (Å²) in [6.07, 6.45) is 5.66. The van der Waals surface area contributed by atoms with E-state index in [1.165, 1.54) is 37.8 Å². The first-order valence-corrected chi connectivity index (χ1v) is 24.3. The van der Waals surface area contributed by atoms with Gasteiger partial charge in [-0.1, -0.05) is 0 Å². The summed E-state index contributed by atoms with van der Waals surface area (Å²) in [6.45, 7) is 4.89. The summed E-state index contributed by atoms with van der Waals surface area (Å²) >= 11 is -1.02. The first-order valence-electron chi connectivity index (χ1n) is 16.4. The van der Waals surface area contributed by atoms with E-state index >= 15 is 0 Å². The molecule has 0 bridgehead atoms. The van der Waals surface area contributed by atoms with Crippen molar-refractivity contribution in [3.05, 3.63) is 107 Å². The topological polar surface area (TPSA) is 0 Å². The van der Waals surface area contributed by atoms with Crippen LogP contribution >= 0.6 is 0 Å². The first-order chi connectivity index (χ1) is 20.2. The molecule has 41 heavy (non-hydrogen) atoms. The molecule has 0 spiro atoms. The molecule has 4 aromatic carbocycles. The van der Waals surface area contributed by atoms with Gasteiger partial charge in [0.1, 0.15) is 0 Å². The monoisotopic (exact) mass is 644 g/mol. The molecule has 3 heteroatoms. The maximum atomic E-state index is 2.59. The SMILES string of the molecule is CCC[Si]1(C2c3ccccc3-c3ccc[c]([Zr][c]4cccc5c4C([Si]4(CCC)CCC4)c4ccccc4-5)c32)CCC1. The van der Waals surface area contributed by atoms with Crippen LogP contribution in [0, 0.1) is 0 Å². The minimum absolute atomic E-state index is 0.733. The Kier molecular flexibility index (Phi) is 6.81. The van der Waals surface area contributed by atoms with Gasteiger partial charge in [0.25, 0.3) is 0 Å². The van der Waals surface area contributed by atoms with Gasteiger partial charge in [0.15, 0.2) is 0 Å². The van der Waals surface area contributed by atoms with Crippen molar-refractivity contribution in [1.82, 2.24) is 0 Å². The molecule has 0 nitrogen and oxygen atoms in total. The van der Waals surface area contributed by atoms with Crippen molar-refractivity contribution < 1.29 is 23.2 Å². The second-order valence-electron chi connectivity index (χ2n) is 13.6. The molecule has 2 aliphatic heterocycles. The molecule has 2 heterocycles. The van der Waals surface area contributed by atoms with E-state index in [2.05, 4.69) is 98.8 Å². The van der Waals surface area contributed by atoms with E-state index < -0.39 is 39.4 Å². The van der Waals surface area contributed by atoms with Crippen molar-refractivity contribution >= 4 is 22.7 Å². The van der Waals surface area contributed by atoms with Gasteiger partial charge in [-0.3, -0.25) is 0 Å². The van der Waals surface area contributed by atoms with E-state index in [9.17, 15) is 0 Å². The maximum absolute atomic E-state index is 2.59. The van der Waals surface area contributed by atoms with Gasteiger partial charge in [-0.15, -0.1) is 0 Å². The van der Waals surface area contributed by atoms with Gasteiger partial charge in [0, 0.05) is 0 Å². The van der Waals surface area contributed by atoms with Crippen molar-refractivity contribution in [2.45, 2.75) is 86.9 Å². The molecular weight excluding hydrogens is 604 g/mol. The van der Waals surface area contributed by atoms with Gasteiger partial charge in [-0.25, -0.2) is 0 Å². The number of rotatable bonds is 8. The van der Waals surface area contributed by atoms with Crippen molar-refractivity contribution in [2.24, 2.45) is 0 Å². The normalized spacial score (nSPS) is 22.1. The first kappa shape index (κ1) is 26.8. The Morgan fingerprint density at radius 3 is 1.34 bits per heavy atom. The summed E-state index contributed by atoms with van der Waals surface area (Å²) in [7, 11) is -2.70. The summed E-state index contributed by atoms with van der Waals surface area (Å²) in [5, 5.41) is 0. The summed E-state index contributed by atoms with van der Waals surface area (Å²) < 4.78 is 3.59. The van der Waals surface area contributed by atoms with Crippen LogP contribution in [0.2, 0.25) is 36.3 Å². The van der Waals surface area contributed by atoms with Gasteiger partial charge >= 0.3 is 262 Å². The summed E-state index contributed by atoms with van der Waals surface area (Å²) in [4.78, 5) is 0. The molecule has 0 N–H and O–H groups in total. The van der Waals surface area contributed by atoms with Gasteiger partial charge in [-0.05, 0) is 0 Å². The van der Waals surface area contributed by atoms with Crippen LogP contribution in [0.5, 0.6) is 0 Å². The van der Waals surface area contributed by atoms with Gasteiger partial charge in [0.2, 0.25) is 0 Å². The molecule has 2 unspecified atom stereocenters. The third-order valence-electron chi connectivity index (χ3n) is 11.6. The summed E-state index contributed by atoms with van der Waals surface area (Å²) in [5.74, 6) is 0. The number of benzene rings is 4. The van der Waals surface area contributed by atoms with Gasteiger partial charge < -0.3 is 0 Å². The quantitative estimate of drug-likeness (QED) is 0.167. The van der Waals surface area contributed by atoms with Crippen LogP contribution in [0.3, 0.4) is 0 Å². The fourth-order valence-corrected chi connectivity index (χ4v) is 25.0. The van der Waals surface area contributed by atoms with Crippen molar-refractivity contribution in [3.63, 3.8) is 0 Å². The molecule has 206 valence electrons. The van der Waals surface area contributed by atoms with Crippen molar-refractivity contribution in [2.75, 3.05) is 0 Å². The van der Waals surface area contributed by atoms with Crippen LogP contribution in [0.4, 0.5) is 0 Å². The molecule has 2 aliphatic carbocycles. The Morgan fingerprint density at radius 1 is 0.537 bits per heavy atom. The average Bonchev–Trinajstić information content (AvgIpc) is 3.48. The Morgan fingerprint density at radius 2 is 0.951 bits per heavy atom. The zero-order chi connectivity index (χ0) is 27.6. The van der Waals surface area contributed by atoms with Crippen LogP contribution in [0.1, 0.15) is 72.9 Å². The van der Waals surface area contributed by atoms with E-state index in [0.717, 1.165) is 11.1 Å². The van der Waals surface area contributed by atoms with Crippen LogP contribution in [-0.4, -0.2) is 16.1 Å². The summed E-state index contributed by atoms with van der Waals surface area (Å²) in [5.41, 5.74) is 14.8. The molecule has 0 amide bonds. The molecule has 0 aromatic heterocycles. The molecule has 8 rings (SSSR count). The van der Waals surface area contributed by atoms with Crippen LogP contribution in [0.25, 0.3) is 22.3 Å².